The summed E-state index contributed by atoms with van der Waals surface area (Å²) in [6, 6.07) is 0. The van der Waals surface area contributed by atoms with Crippen molar-refractivity contribution in [2.24, 2.45) is 0 Å². The third kappa shape index (κ3) is 76.9. The van der Waals surface area contributed by atoms with Crippen molar-refractivity contribution in [2.75, 3.05) is 39.6 Å². The number of phosphoric ester groups is 2. The van der Waals surface area contributed by atoms with Crippen LogP contribution in [0.15, 0.2) is 122 Å². The summed E-state index contributed by atoms with van der Waals surface area (Å²) in [5.74, 6) is -1.59. The minimum atomic E-state index is -4.93. The van der Waals surface area contributed by atoms with Gasteiger partial charge in [0.15, 0.2) is 6.10 Å². The molecule has 0 aliphatic heterocycles. The van der Waals surface area contributed by atoms with Crippen LogP contribution >= 0.6 is 15.6 Å². The second kappa shape index (κ2) is 75.6. The van der Waals surface area contributed by atoms with Gasteiger partial charge in [0, 0.05) is 19.3 Å². The highest BCUT2D eigenvalue weighted by atomic mass is 31.2. The molecule has 5 unspecified atom stereocenters. The number of rotatable bonds is 75. The Hall–Kier alpha value is -4.05. The van der Waals surface area contributed by atoms with Gasteiger partial charge in [-0.3, -0.25) is 32.5 Å². The minimum Gasteiger partial charge on any atom is -0.463 e. The predicted molar refractivity (Wildman–Crippen MR) is 417 cm³/mol. The summed E-state index contributed by atoms with van der Waals surface area (Å²) in [4.78, 5) is 58.6. The molecule has 0 aromatic carbocycles. The number of allylic oxidation sites excluding steroid dienone is 20. The molecule has 0 spiro atoms. The van der Waals surface area contributed by atoms with E-state index in [1.807, 2.05) is 0 Å². The first kappa shape index (κ1) is 97.0. The topological polar surface area (TPSA) is 231 Å². The summed E-state index contributed by atoms with van der Waals surface area (Å²) < 4.78 is 61.1. The Labute approximate surface area is 614 Å². The van der Waals surface area contributed by atoms with E-state index in [9.17, 15) is 43.5 Å². The van der Waals surface area contributed by atoms with Crippen LogP contribution in [-0.2, 0) is 55.8 Å². The third-order valence-corrected chi connectivity index (χ3v) is 18.6. The van der Waals surface area contributed by atoms with Crippen molar-refractivity contribution in [3.63, 3.8) is 0 Å². The Morgan fingerprint density at radius 2 is 0.525 bits per heavy atom. The minimum absolute atomic E-state index is 0.102. The number of hydrogen-bond donors (Lipinski definition) is 4. The molecule has 0 saturated carbocycles. The molecule has 0 amide bonds. The van der Waals surface area contributed by atoms with Gasteiger partial charge in [0.2, 0.25) is 0 Å². The molecule has 4 N–H and O–H groups in total. The van der Waals surface area contributed by atoms with Crippen LogP contribution in [0.3, 0.4) is 0 Å². The Kier molecular flexibility index (Phi) is 72.6. The Morgan fingerprint density at radius 1 is 0.287 bits per heavy atom. The molecule has 5 atom stereocenters. The van der Waals surface area contributed by atoms with Gasteiger partial charge in [0.1, 0.15) is 25.4 Å². The molecular weight excluding hydrogens is 1310 g/mol. The van der Waals surface area contributed by atoms with Crippen molar-refractivity contribution in [3.05, 3.63) is 122 Å². The fourth-order valence-corrected chi connectivity index (χ4v) is 12.3. The van der Waals surface area contributed by atoms with Crippen molar-refractivity contribution in [1.82, 2.24) is 0 Å². The lowest BCUT2D eigenvalue weighted by molar-refractivity contribution is -0.161. The van der Waals surface area contributed by atoms with Gasteiger partial charge in [0.25, 0.3) is 0 Å². The molecule has 0 aromatic heterocycles. The first-order valence-electron chi connectivity index (χ1n) is 39.8. The largest absolute Gasteiger partial charge is 0.472 e. The molecule has 0 aliphatic rings. The van der Waals surface area contributed by atoms with Crippen LogP contribution in [0.2, 0.25) is 0 Å². The van der Waals surface area contributed by atoms with Crippen LogP contribution < -0.4 is 0 Å². The number of hydrogen-bond acceptors (Lipinski definition) is 14. The number of carbonyl (C=O) groups excluding carboxylic acids is 3. The van der Waals surface area contributed by atoms with Crippen LogP contribution in [0, 0.1) is 0 Å². The molecule has 0 aromatic rings. The van der Waals surface area contributed by atoms with Crippen LogP contribution in [0.4, 0.5) is 0 Å². The molecule has 18 heteroatoms. The number of aliphatic hydroxyl groups is 2. The van der Waals surface area contributed by atoms with E-state index in [1.165, 1.54) is 128 Å². The number of carbonyl (C=O) groups is 3. The molecule has 0 aliphatic carbocycles. The van der Waals surface area contributed by atoms with E-state index in [0.29, 0.717) is 19.3 Å². The first-order valence-corrected chi connectivity index (χ1v) is 42.8. The Bertz CT molecular complexity index is 2320. The maximum Gasteiger partial charge on any atom is 0.472 e. The van der Waals surface area contributed by atoms with E-state index >= 15 is 0 Å². The standard InChI is InChI=1S/C83H144O16P2/c1-4-7-10-13-16-19-22-25-27-29-31-33-34-35-36-37-38-39-40-41-42-44-46-47-49-52-54-57-60-63-66-69-81(86)93-72-78(84)73-95-100(89,90)96-74-79(85)75-97-101(91,92)98-77-80(99-83(88)71-68-65-62-59-56-51-24-21-18-15-12-9-6-3)76-94-82(87)70-67-64-61-58-55-53-50-48-45-43-32-30-28-26-23-20-17-14-11-8-5-2/h7-8,10-11,16-17,19-20,25-28,31-33,35-36,43,48,50,78-80,84-85H,4-6,9,12-15,18,21-24,29-30,34,37-42,44-47,49,51-77H2,1-3H3,(H,89,90)(H,91,92)/b10-7-,11-8-,19-16-,20-17-,27-25-,28-26-,33-31-,36-35-,43-32-,50-48-. The summed E-state index contributed by atoms with van der Waals surface area (Å²) in [6.45, 7) is 2.46. The summed E-state index contributed by atoms with van der Waals surface area (Å²) >= 11 is 0. The zero-order chi connectivity index (χ0) is 73.7. The van der Waals surface area contributed by atoms with Crippen molar-refractivity contribution in [3.8, 4) is 0 Å². The normalized spacial score (nSPS) is 14.6. The van der Waals surface area contributed by atoms with Crippen LogP contribution in [-0.4, -0.2) is 95.9 Å². The third-order valence-electron chi connectivity index (χ3n) is 16.7. The average Bonchev–Trinajstić information content (AvgIpc) is 0.936. The second-order valence-electron chi connectivity index (χ2n) is 26.5. The van der Waals surface area contributed by atoms with Crippen molar-refractivity contribution in [1.29, 1.82) is 0 Å². The maximum atomic E-state index is 12.9. The summed E-state index contributed by atoms with van der Waals surface area (Å²) in [5, 5.41) is 20.6. The van der Waals surface area contributed by atoms with E-state index in [1.54, 1.807) is 0 Å². The van der Waals surface area contributed by atoms with E-state index < -0.39 is 91.5 Å². The number of unbranched alkanes of at least 4 members (excludes halogenated alkanes) is 32. The van der Waals surface area contributed by atoms with Gasteiger partial charge in [0.05, 0.1) is 26.4 Å². The number of phosphoric acid groups is 2. The molecule has 16 nitrogen and oxygen atoms in total. The van der Waals surface area contributed by atoms with Gasteiger partial charge in [-0.15, -0.1) is 0 Å². The summed E-state index contributed by atoms with van der Waals surface area (Å²) in [6.07, 6.45) is 89.7. The zero-order valence-corrected chi connectivity index (χ0v) is 65.3. The molecule has 0 radical (unpaired) electrons. The Balaban J connectivity index is 4.46. The number of aliphatic hydroxyl groups excluding tert-OH is 2. The van der Waals surface area contributed by atoms with Gasteiger partial charge in [-0.25, -0.2) is 9.13 Å². The highest BCUT2D eigenvalue weighted by Gasteiger charge is 2.29. The average molecular weight is 1460 g/mol. The van der Waals surface area contributed by atoms with E-state index in [2.05, 4.69) is 142 Å². The molecule has 0 bridgehead atoms. The molecule has 582 valence electrons. The van der Waals surface area contributed by atoms with E-state index in [4.69, 9.17) is 32.3 Å². The van der Waals surface area contributed by atoms with E-state index in [-0.39, 0.29) is 19.3 Å². The second-order valence-corrected chi connectivity index (χ2v) is 29.4. The van der Waals surface area contributed by atoms with Gasteiger partial charge < -0.3 is 34.2 Å². The first-order chi connectivity index (χ1) is 49.2. The fourth-order valence-electron chi connectivity index (χ4n) is 10.7. The van der Waals surface area contributed by atoms with Crippen LogP contribution in [0.5, 0.6) is 0 Å². The summed E-state index contributed by atoms with van der Waals surface area (Å²) in [5.41, 5.74) is 0. The molecule has 0 fully saturated rings. The van der Waals surface area contributed by atoms with Crippen LogP contribution in [0.1, 0.15) is 329 Å². The zero-order valence-electron chi connectivity index (χ0n) is 63.5. The van der Waals surface area contributed by atoms with Gasteiger partial charge in [-0.1, -0.05) is 322 Å². The van der Waals surface area contributed by atoms with Crippen molar-refractivity contribution >= 4 is 33.6 Å². The highest BCUT2D eigenvalue weighted by Crippen LogP contribution is 2.45. The van der Waals surface area contributed by atoms with Crippen molar-refractivity contribution < 1.29 is 75.8 Å². The van der Waals surface area contributed by atoms with Gasteiger partial charge in [-0.2, -0.15) is 0 Å². The van der Waals surface area contributed by atoms with Crippen LogP contribution in [0.25, 0.3) is 0 Å². The molecule has 0 rings (SSSR count). The predicted octanol–water partition coefficient (Wildman–Crippen LogP) is 23.3. The quantitative estimate of drug-likeness (QED) is 0.0146. The lowest BCUT2D eigenvalue weighted by Gasteiger charge is -2.21. The van der Waals surface area contributed by atoms with Gasteiger partial charge in [-0.05, 0) is 109 Å². The van der Waals surface area contributed by atoms with Crippen molar-refractivity contribution in [2.45, 2.75) is 347 Å². The number of ether oxygens (including phenoxy) is 3. The lowest BCUT2D eigenvalue weighted by atomic mass is 10.0. The maximum absolute atomic E-state index is 12.9. The van der Waals surface area contributed by atoms with Gasteiger partial charge >= 0.3 is 33.6 Å². The van der Waals surface area contributed by atoms with E-state index in [0.717, 1.165) is 141 Å². The molecule has 0 saturated heterocycles. The highest BCUT2D eigenvalue weighted by molar-refractivity contribution is 7.47. The molecular formula is C83H144O16P2. The molecule has 101 heavy (non-hydrogen) atoms. The fraction of sp³-hybridized carbons (Fsp3) is 0.723. The SMILES string of the molecule is CC/C=C\C/C=C\C/C=C\C/C=C\C/C=C\CCCCCCCCCCCCCCCCCC(=O)OCC(O)COP(=O)(O)OCC(O)COP(=O)(O)OCC(COC(=O)CCCCCCC/C=C\C/C=C\C/C=C\C/C=C\C/C=C\CC)OC(=O)CCCCCCCCCCCCCCC. The Morgan fingerprint density at radius 3 is 0.832 bits per heavy atom. The monoisotopic (exact) mass is 1460 g/mol. The smallest absolute Gasteiger partial charge is 0.463 e. The molecule has 0 heterocycles. The summed E-state index contributed by atoms with van der Waals surface area (Å²) in [7, 11) is -9.79. The lowest BCUT2D eigenvalue weighted by Crippen LogP contribution is -2.30. The number of esters is 3.